The Kier molecular flexibility index (Phi) is 4.08. The molecule has 0 amide bonds. The van der Waals surface area contributed by atoms with Crippen molar-refractivity contribution in [2.75, 3.05) is 0 Å². The van der Waals surface area contributed by atoms with Gasteiger partial charge in [-0.25, -0.2) is 4.98 Å². The van der Waals surface area contributed by atoms with E-state index < -0.39 is 0 Å². The minimum Gasteiger partial charge on any atom is -0.360 e. The van der Waals surface area contributed by atoms with Crippen LogP contribution >= 0.6 is 11.6 Å². The number of nitriles is 1. The number of nitrogens with one attached hydrogen (secondary N) is 1. The highest BCUT2D eigenvalue weighted by molar-refractivity contribution is 6.31. The summed E-state index contributed by atoms with van der Waals surface area (Å²) in [6.07, 6.45) is 1.93. The second kappa shape index (κ2) is 6.77. The molecule has 0 saturated heterocycles. The number of aryl methyl sites for hydroxylation is 1. The summed E-state index contributed by atoms with van der Waals surface area (Å²) in [6, 6.07) is 24.2. The molecule has 5 rings (SSSR count). The van der Waals surface area contributed by atoms with Gasteiger partial charge in [0.15, 0.2) is 0 Å². The van der Waals surface area contributed by atoms with E-state index in [0.29, 0.717) is 16.3 Å². The summed E-state index contributed by atoms with van der Waals surface area (Å²) in [7, 11) is 0. The lowest BCUT2D eigenvalue weighted by Crippen LogP contribution is -1.96. The first-order valence-electron chi connectivity index (χ1n) is 9.32. The number of halogens is 1. The average molecular weight is 394 g/mol. The van der Waals surface area contributed by atoms with Crippen LogP contribution in [0.2, 0.25) is 5.02 Å². The molecule has 0 atom stereocenters. The molecule has 2 heterocycles. The van der Waals surface area contributed by atoms with E-state index in [1.165, 1.54) is 0 Å². The molecular formula is C25H16ClN3. The van der Waals surface area contributed by atoms with Gasteiger partial charge in [0.05, 0.1) is 16.8 Å². The number of H-pyrrole nitrogens is 1. The van der Waals surface area contributed by atoms with Gasteiger partial charge in [0.2, 0.25) is 0 Å². The molecule has 0 spiro atoms. The number of hydrogen-bond acceptors (Lipinski definition) is 2. The van der Waals surface area contributed by atoms with Crippen LogP contribution in [0.25, 0.3) is 44.2 Å². The summed E-state index contributed by atoms with van der Waals surface area (Å²) < 4.78 is 0. The number of aromatic nitrogens is 2. The summed E-state index contributed by atoms with van der Waals surface area (Å²) in [5, 5.41) is 12.7. The van der Waals surface area contributed by atoms with Gasteiger partial charge in [0, 0.05) is 38.6 Å². The smallest absolute Gasteiger partial charge is 0.102 e. The molecule has 1 N–H and O–H groups in total. The zero-order chi connectivity index (χ0) is 20.0. The quantitative estimate of drug-likeness (QED) is 0.355. The van der Waals surface area contributed by atoms with Crippen LogP contribution in [0.15, 0.2) is 72.9 Å². The molecule has 0 unspecified atom stereocenters. The molecule has 0 radical (unpaired) electrons. The standard InChI is InChI=1S/C25H16ClN3/c1-15-7-9-22-18(11-15)21(14-28-22)25-20(13-27)24(16-5-3-2-4-6-16)19-12-17(26)8-10-23(19)29-25/h2-12,14,28H,1H3. The van der Waals surface area contributed by atoms with Gasteiger partial charge >= 0.3 is 0 Å². The van der Waals surface area contributed by atoms with Crippen LogP contribution < -0.4 is 0 Å². The highest BCUT2D eigenvalue weighted by Crippen LogP contribution is 2.39. The van der Waals surface area contributed by atoms with E-state index in [-0.39, 0.29) is 0 Å². The molecule has 0 bridgehead atoms. The molecule has 3 nitrogen and oxygen atoms in total. The first-order valence-corrected chi connectivity index (χ1v) is 9.70. The van der Waals surface area contributed by atoms with E-state index >= 15 is 0 Å². The van der Waals surface area contributed by atoms with Crippen LogP contribution in [0.5, 0.6) is 0 Å². The molecule has 0 aliphatic carbocycles. The van der Waals surface area contributed by atoms with E-state index in [1.807, 2.05) is 54.7 Å². The lowest BCUT2D eigenvalue weighted by molar-refractivity contribution is 1.36. The van der Waals surface area contributed by atoms with Gasteiger partial charge < -0.3 is 4.98 Å². The number of rotatable bonds is 2. The minimum absolute atomic E-state index is 0.549. The number of nitrogens with zero attached hydrogens (tertiary/aromatic N) is 2. The molecule has 0 saturated carbocycles. The molecule has 3 aromatic carbocycles. The van der Waals surface area contributed by atoms with Crippen molar-refractivity contribution in [3.05, 3.63) is 89.1 Å². The van der Waals surface area contributed by atoms with Gasteiger partial charge in [-0.1, -0.05) is 53.6 Å². The maximum absolute atomic E-state index is 10.2. The van der Waals surface area contributed by atoms with Gasteiger partial charge in [0.1, 0.15) is 6.07 Å². The maximum Gasteiger partial charge on any atom is 0.102 e. The summed E-state index contributed by atoms with van der Waals surface area (Å²) >= 11 is 6.29. The van der Waals surface area contributed by atoms with Crippen LogP contribution in [0.1, 0.15) is 11.1 Å². The second-order valence-electron chi connectivity index (χ2n) is 7.10. The predicted molar refractivity (Wildman–Crippen MR) is 119 cm³/mol. The van der Waals surface area contributed by atoms with E-state index in [9.17, 15) is 5.26 Å². The molecule has 0 aliphatic heterocycles. The fourth-order valence-electron chi connectivity index (χ4n) is 3.87. The largest absolute Gasteiger partial charge is 0.360 e. The lowest BCUT2D eigenvalue weighted by Gasteiger charge is -2.13. The van der Waals surface area contributed by atoms with Gasteiger partial charge in [0.25, 0.3) is 0 Å². The monoisotopic (exact) mass is 393 g/mol. The van der Waals surface area contributed by atoms with E-state index in [2.05, 4.69) is 36.2 Å². The van der Waals surface area contributed by atoms with Crippen molar-refractivity contribution in [1.29, 1.82) is 5.26 Å². The number of pyridine rings is 1. The molecule has 2 aromatic heterocycles. The van der Waals surface area contributed by atoms with Crippen molar-refractivity contribution in [1.82, 2.24) is 9.97 Å². The van der Waals surface area contributed by atoms with Crippen molar-refractivity contribution in [3.63, 3.8) is 0 Å². The predicted octanol–water partition coefficient (Wildman–Crippen LogP) is 6.88. The van der Waals surface area contributed by atoms with Crippen molar-refractivity contribution in [2.45, 2.75) is 6.92 Å². The molecule has 0 fully saturated rings. The topological polar surface area (TPSA) is 52.5 Å². The van der Waals surface area contributed by atoms with E-state index in [4.69, 9.17) is 16.6 Å². The molecule has 29 heavy (non-hydrogen) atoms. The van der Waals surface area contributed by atoms with Crippen molar-refractivity contribution >= 4 is 33.4 Å². The first kappa shape index (κ1) is 17.5. The molecule has 5 aromatic rings. The Hall–Kier alpha value is -3.61. The van der Waals surface area contributed by atoms with Gasteiger partial charge in [-0.05, 0) is 42.8 Å². The lowest BCUT2D eigenvalue weighted by atomic mass is 9.92. The highest BCUT2D eigenvalue weighted by atomic mass is 35.5. The Bertz CT molecular complexity index is 1430. The van der Waals surface area contributed by atoms with Gasteiger partial charge in [-0.15, -0.1) is 0 Å². The average Bonchev–Trinajstić information content (AvgIpc) is 3.15. The fourth-order valence-corrected chi connectivity index (χ4v) is 4.05. The minimum atomic E-state index is 0.549. The summed E-state index contributed by atoms with van der Waals surface area (Å²) in [6.45, 7) is 2.06. The van der Waals surface area contributed by atoms with Crippen molar-refractivity contribution in [2.24, 2.45) is 0 Å². The molecular weight excluding hydrogens is 378 g/mol. The Labute approximate surface area is 173 Å². The SMILES string of the molecule is Cc1ccc2[nH]cc(-c3nc4ccc(Cl)cc4c(-c4ccccc4)c3C#N)c2c1. The third kappa shape index (κ3) is 2.86. The zero-order valence-corrected chi connectivity index (χ0v) is 16.5. The highest BCUT2D eigenvalue weighted by Gasteiger charge is 2.20. The van der Waals surface area contributed by atoms with Crippen LogP contribution in [0.4, 0.5) is 0 Å². The van der Waals surface area contributed by atoms with Gasteiger partial charge in [-0.3, -0.25) is 0 Å². The Morgan fingerprint density at radius 2 is 1.79 bits per heavy atom. The van der Waals surface area contributed by atoms with Crippen molar-refractivity contribution in [3.8, 4) is 28.5 Å². The second-order valence-corrected chi connectivity index (χ2v) is 7.54. The Balaban J connectivity index is 1.94. The van der Waals surface area contributed by atoms with Crippen molar-refractivity contribution < 1.29 is 0 Å². The molecule has 138 valence electrons. The number of aromatic amines is 1. The van der Waals surface area contributed by atoms with Crippen LogP contribution in [0, 0.1) is 18.3 Å². The number of benzene rings is 3. The van der Waals surface area contributed by atoms with Crippen LogP contribution in [0.3, 0.4) is 0 Å². The van der Waals surface area contributed by atoms with Crippen LogP contribution in [-0.2, 0) is 0 Å². The van der Waals surface area contributed by atoms with E-state index in [0.717, 1.165) is 44.1 Å². The zero-order valence-electron chi connectivity index (χ0n) is 15.7. The Morgan fingerprint density at radius 1 is 0.966 bits per heavy atom. The normalized spacial score (nSPS) is 11.1. The fraction of sp³-hybridized carbons (Fsp3) is 0.0400. The third-order valence-electron chi connectivity index (χ3n) is 5.21. The summed E-state index contributed by atoms with van der Waals surface area (Å²) in [5.41, 5.74) is 6.97. The number of fused-ring (bicyclic) bond motifs is 2. The molecule has 0 aliphatic rings. The Morgan fingerprint density at radius 3 is 2.59 bits per heavy atom. The maximum atomic E-state index is 10.2. The molecule has 4 heteroatoms. The third-order valence-corrected chi connectivity index (χ3v) is 5.45. The first-order chi connectivity index (χ1) is 14.2. The van der Waals surface area contributed by atoms with E-state index in [1.54, 1.807) is 0 Å². The summed E-state index contributed by atoms with van der Waals surface area (Å²) in [4.78, 5) is 8.21. The number of hydrogen-bond donors (Lipinski definition) is 1. The summed E-state index contributed by atoms with van der Waals surface area (Å²) in [5.74, 6) is 0. The van der Waals surface area contributed by atoms with Crippen LogP contribution in [-0.4, -0.2) is 9.97 Å². The van der Waals surface area contributed by atoms with Gasteiger partial charge in [-0.2, -0.15) is 5.26 Å².